The van der Waals surface area contributed by atoms with Crippen molar-refractivity contribution in [2.45, 2.75) is 31.6 Å². The molecule has 1 atom stereocenters. The van der Waals surface area contributed by atoms with Crippen molar-refractivity contribution in [1.29, 1.82) is 0 Å². The van der Waals surface area contributed by atoms with Gasteiger partial charge in [-0.1, -0.05) is 29.8 Å². The number of carbonyl (C=O) groups is 1. The van der Waals surface area contributed by atoms with Gasteiger partial charge < -0.3 is 10.2 Å². The average molecular weight is 401 g/mol. The second-order valence-corrected chi connectivity index (χ2v) is 8.44. The Morgan fingerprint density at radius 2 is 1.86 bits per heavy atom. The van der Waals surface area contributed by atoms with Gasteiger partial charge in [-0.25, -0.2) is 4.39 Å². The van der Waals surface area contributed by atoms with Crippen LogP contribution in [0, 0.1) is 11.7 Å². The normalized spacial score (nSPS) is 20.5. The highest BCUT2D eigenvalue weighted by Crippen LogP contribution is 2.29. The minimum absolute atomic E-state index is 0.174. The number of likely N-dealkylation sites (tertiary alicyclic amines) is 1. The van der Waals surface area contributed by atoms with E-state index in [0.29, 0.717) is 24.9 Å². The van der Waals surface area contributed by atoms with Crippen LogP contribution in [-0.4, -0.2) is 37.0 Å². The number of benzene rings is 2. The quantitative estimate of drug-likeness (QED) is 0.810. The first-order valence-corrected chi connectivity index (χ1v) is 10.5. The summed E-state index contributed by atoms with van der Waals surface area (Å²) < 4.78 is 14.5. The Kier molecular flexibility index (Phi) is 5.98. The molecule has 5 heteroatoms. The number of nitrogens with one attached hydrogen (secondary N) is 1. The summed E-state index contributed by atoms with van der Waals surface area (Å²) in [4.78, 5) is 14.8. The second kappa shape index (κ2) is 8.62. The van der Waals surface area contributed by atoms with Gasteiger partial charge in [-0.15, -0.1) is 0 Å². The second-order valence-electron chi connectivity index (χ2n) is 8.00. The van der Waals surface area contributed by atoms with Crippen molar-refractivity contribution in [3.8, 4) is 0 Å². The molecule has 2 fully saturated rings. The molecule has 0 bridgehead atoms. The number of hydrogen-bond acceptors (Lipinski definition) is 2. The zero-order chi connectivity index (χ0) is 19.5. The van der Waals surface area contributed by atoms with Crippen LogP contribution in [0.4, 0.5) is 4.39 Å². The van der Waals surface area contributed by atoms with E-state index < -0.39 is 5.82 Å². The molecule has 2 heterocycles. The van der Waals surface area contributed by atoms with E-state index >= 15 is 0 Å². The number of piperidine rings is 1. The van der Waals surface area contributed by atoms with Crippen LogP contribution >= 0.6 is 11.6 Å². The third kappa shape index (κ3) is 4.39. The lowest BCUT2D eigenvalue weighted by Crippen LogP contribution is -2.30. The van der Waals surface area contributed by atoms with Gasteiger partial charge in [0.1, 0.15) is 5.82 Å². The summed E-state index contributed by atoms with van der Waals surface area (Å²) in [5.74, 6) is 0.223. The van der Waals surface area contributed by atoms with E-state index in [1.807, 2.05) is 35.2 Å². The fourth-order valence-electron chi connectivity index (χ4n) is 4.42. The van der Waals surface area contributed by atoms with Crippen LogP contribution in [0.15, 0.2) is 42.5 Å². The summed E-state index contributed by atoms with van der Waals surface area (Å²) in [5.41, 5.74) is 2.54. The first kappa shape index (κ1) is 19.4. The van der Waals surface area contributed by atoms with Gasteiger partial charge in [-0.05, 0) is 86.0 Å². The van der Waals surface area contributed by atoms with Gasteiger partial charge in [0.25, 0.3) is 5.91 Å². The average Bonchev–Trinajstić information content (AvgIpc) is 3.19. The molecular formula is C23H26ClFN2O. The molecule has 4 rings (SSSR count). The topological polar surface area (TPSA) is 32.3 Å². The molecular weight excluding hydrogens is 375 g/mol. The van der Waals surface area contributed by atoms with Crippen LogP contribution in [-0.2, 0) is 6.42 Å². The molecule has 2 aromatic rings. The lowest BCUT2D eigenvalue weighted by molar-refractivity contribution is 0.0782. The van der Waals surface area contributed by atoms with Crippen molar-refractivity contribution in [3.63, 3.8) is 0 Å². The first-order chi connectivity index (χ1) is 13.6. The largest absolute Gasteiger partial charge is 0.338 e. The van der Waals surface area contributed by atoms with Gasteiger partial charge in [0.2, 0.25) is 0 Å². The molecule has 0 spiro atoms. The zero-order valence-corrected chi connectivity index (χ0v) is 16.7. The molecule has 2 saturated heterocycles. The van der Waals surface area contributed by atoms with Crippen molar-refractivity contribution >= 4 is 17.5 Å². The minimum atomic E-state index is -0.413. The lowest BCUT2D eigenvalue weighted by Gasteiger charge is -2.24. The van der Waals surface area contributed by atoms with E-state index in [4.69, 9.17) is 11.6 Å². The Hall–Kier alpha value is -1.91. The Morgan fingerprint density at radius 3 is 2.61 bits per heavy atom. The summed E-state index contributed by atoms with van der Waals surface area (Å²) in [6, 6.07) is 13.0. The van der Waals surface area contributed by atoms with Gasteiger partial charge in [0.15, 0.2) is 0 Å². The number of rotatable bonds is 4. The van der Waals surface area contributed by atoms with E-state index in [1.54, 1.807) is 6.07 Å². The molecule has 1 unspecified atom stereocenters. The van der Waals surface area contributed by atoms with Crippen LogP contribution in [0.25, 0.3) is 0 Å². The minimum Gasteiger partial charge on any atom is -0.338 e. The maximum Gasteiger partial charge on any atom is 0.256 e. The van der Waals surface area contributed by atoms with Crippen molar-refractivity contribution in [1.82, 2.24) is 10.2 Å². The highest BCUT2D eigenvalue weighted by molar-refractivity contribution is 6.30. The molecule has 0 aliphatic carbocycles. The summed E-state index contributed by atoms with van der Waals surface area (Å²) >= 11 is 5.95. The molecule has 2 aliphatic rings. The predicted octanol–water partition coefficient (Wildman–Crippen LogP) is 4.65. The van der Waals surface area contributed by atoms with Crippen LogP contribution < -0.4 is 5.32 Å². The van der Waals surface area contributed by atoms with Crippen LogP contribution in [0.1, 0.15) is 46.7 Å². The third-order valence-electron chi connectivity index (χ3n) is 6.04. The van der Waals surface area contributed by atoms with E-state index in [1.165, 1.54) is 11.6 Å². The summed E-state index contributed by atoms with van der Waals surface area (Å²) in [6.45, 7) is 3.32. The molecule has 0 saturated carbocycles. The summed E-state index contributed by atoms with van der Waals surface area (Å²) in [6.07, 6.45) is 3.93. The van der Waals surface area contributed by atoms with E-state index in [-0.39, 0.29) is 11.5 Å². The number of amides is 1. The fourth-order valence-corrected chi connectivity index (χ4v) is 4.55. The maximum atomic E-state index is 14.5. The van der Waals surface area contributed by atoms with E-state index in [9.17, 15) is 9.18 Å². The number of nitrogens with zero attached hydrogens (tertiary/aromatic N) is 1. The van der Waals surface area contributed by atoms with Crippen LogP contribution in [0.5, 0.6) is 0 Å². The van der Waals surface area contributed by atoms with Crippen molar-refractivity contribution in [2.75, 3.05) is 26.2 Å². The molecule has 1 N–H and O–H groups in total. The van der Waals surface area contributed by atoms with Gasteiger partial charge >= 0.3 is 0 Å². The molecule has 2 aliphatic heterocycles. The van der Waals surface area contributed by atoms with Crippen LogP contribution in [0.3, 0.4) is 0 Å². The third-order valence-corrected chi connectivity index (χ3v) is 6.29. The number of carbonyl (C=O) groups excluding carboxylic acids is 1. The summed E-state index contributed by atoms with van der Waals surface area (Å²) in [7, 11) is 0. The number of halogens is 2. The fraction of sp³-hybridized carbons (Fsp3) is 0.435. The molecule has 28 heavy (non-hydrogen) atoms. The molecule has 148 valence electrons. The monoisotopic (exact) mass is 400 g/mol. The van der Waals surface area contributed by atoms with Gasteiger partial charge in [0, 0.05) is 18.1 Å². The maximum absolute atomic E-state index is 14.5. The van der Waals surface area contributed by atoms with E-state index in [2.05, 4.69) is 5.32 Å². The first-order valence-electron chi connectivity index (χ1n) is 10.1. The number of hydrogen-bond donors (Lipinski definition) is 1. The van der Waals surface area contributed by atoms with Gasteiger partial charge in [-0.3, -0.25) is 4.79 Å². The predicted molar refractivity (Wildman–Crippen MR) is 110 cm³/mol. The zero-order valence-electron chi connectivity index (χ0n) is 16.0. The Balaban J connectivity index is 1.43. The molecule has 1 amide bonds. The Bertz CT molecular complexity index is 833. The molecule has 3 nitrogen and oxygen atoms in total. The van der Waals surface area contributed by atoms with Crippen molar-refractivity contribution in [2.24, 2.45) is 5.92 Å². The Labute approximate surface area is 170 Å². The van der Waals surface area contributed by atoms with Gasteiger partial charge in [-0.2, -0.15) is 0 Å². The SMILES string of the molecule is O=C(c1cc(C2CCNCC2)ccc1F)N1CCC(Cc2ccc(Cl)cc2)C1. The highest BCUT2D eigenvalue weighted by atomic mass is 35.5. The van der Waals surface area contributed by atoms with Gasteiger partial charge in [0.05, 0.1) is 5.56 Å². The lowest BCUT2D eigenvalue weighted by atomic mass is 9.89. The van der Waals surface area contributed by atoms with E-state index in [0.717, 1.165) is 49.4 Å². The molecule has 2 aromatic carbocycles. The Morgan fingerprint density at radius 1 is 1.11 bits per heavy atom. The smallest absolute Gasteiger partial charge is 0.256 e. The molecule has 0 aromatic heterocycles. The van der Waals surface area contributed by atoms with Crippen LogP contribution in [0.2, 0.25) is 5.02 Å². The standard InChI is InChI=1S/C23H26ClFN2O/c24-20-4-1-16(2-5-20)13-17-9-12-27(15-17)23(28)21-14-19(3-6-22(21)25)18-7-10-26-11-8-18/h1-6,14,17-18,26H,7-13,15H2. The van der Waals surface area contributed by atoms with Crippen molar-refractivity contribution < 1.29 is 9.18 Å². The summed E-state index contributed by atoms with van der Waals surface area (Å²) in [5, 5.41) is 4.08. The highest BCUT2D eigenvalue weighted by Gasteiger charge is 2.29. The van der Waals surface area contributed by atoms with Crippen molar-refractivity contribution in [3.05, 3.63) is 70.0 Å². The molecule has 0 radical (unpaired) electrons.